The number of phenols is 5. The van der Waals surface area contributed by atoms with Crippen LogP contribution in [0.3, 0.4) is 0 Å². The first-order valence-corrected chi connectivity index (χ1v) is 11.4. The van der Waals surface area contributed by atoms with E-state index in [4.69, 9.17) is 9.47 Å². The molecule has 1 aliphatic heterocycles. The molecule has 1 heterocycles. The molecule has 0 spiro atoms. The van der Waals surface area contributed by atoms with Gasteiger partial charge in [-0.15, -0.1) is 0 Å². The first kappa shape index (κ1) is 26.7. The smallest absolute Gasteiger partial charge is 0.345 e. The lowest BCUT2D eigenvalue weighted by molar-refractivity contribution is -0.160. The fourth-order valence-electron chi connectivity index (χ4n) is 4.22. The second kappa shape index (κ2) is 10.5. The molecule has 39 heavy (non-hydrogen) atoms. The van der Waals surface area contributed by atoms with E-state index in [0.29, 0.717) is 5.56 Å². The van der Waals surface area contributed by atoms with E-state index in [1.165, 1.54) is 42.5 Å². The van der Waals surface area contributed by atoms with E-state index >= 15 is 0 Å². The zero-order chi connectivity index (χ0) is 28.4. The highest BCUT2D eigenvalue weighted by Gasteiger charge is 2.44. The Morgan fingerprint density at radius 2 is 1.49 bits per heavy atom. The average molecular weight is 538 g/mol. The minimum atomic E-state index is -1.75. The van der Waals surface area contributed by atoms with Gasteiger partial charge in [-0.1, -0.05) is 18.2 Å². The number of aliphatic carboxylic acids is 2. The number of hydrogen-bond acceptors (Lipinski definition) is 10. The van der Waals surface area contributed by atoms with Crippen molar-refractivity contribution in [2.75, 3.05) is 0 Å². The summed E-state index contributed by atoms with van der Waals surface area (Å²) in [4.78, 5) is 36.6. The lowest BCUT2D eigenvalue weighted by Gasteiger charge is -2.18. The maximum Gasteiger partial charge on any atom is 0.345 e. The standard InChI is InChI=1S/C27H22O12/c28-15-5-1-12(9-18(15)31)2-8-21(33)38-20(26(34)35)11-13-3-7-17(30)25-22(13)23(27(36)37)24(39-25)14-4-6-16(29)19(32)10-14/h1-10,20,23-24,28-32H,11H2,(H,34,35)(H,36,37)/b8-2+/t20-,23+,24-/m1/s1. The molecule has 1 aliphatic rings. The molecule has 12 nitrogen and oxygen atoms in total. The maximum atomic E-state index is 12.3. The second-order valence-electron chi connectivity index (χ2n) is 8.64. The largest absolute Gasteiger partial charge is 0.504 e. The maximum absolute atomic E-state index is 12.3. The molecule has 3 atom stereocenters. The Kier molecular flexibility index (Phi) is 7.20. The molecule has 0 saturated heterocycles. The third kappa shape index (κ3) is 5.49. The Morgan fingerprint density at radius 3 is 2.10 bits per heavy atom. The summed E-state index contributed by atoms with van der Waals surface area (Å²) in [5.41, 5.74) is 0.579. The molecule has 7 N–H and O–H groups in total. The van der Waals surface area contributed by atoms with E-state index in [9.17, 15) is 50.1 Å². The highest BCUT2D eigenvalue weighted by molar-refractivity contribution is 5.89. The zero-order valence-electron chi connectivity index (χ0n) is 19.9. The Bertz CT molecular complexity index is 1490. The Hall–Kier alpha value is -5.39. The van der Waals surface area contributed by atoms with Crippen molar-refractivity contribution < 1.29 is 59.6 Å². The van der Waals surface area contributed by atoms with Crippen LogP contribution in [0.25, 0.3) is 6.08 Å². The number of ether oxygens (including phenoxy) is 2. The fourth-order valence-corrected chi connectivity index (χ4v) is 4.22. The van der Waals surface area contributed by atoms with Gasteiger partial charge in [-0.3, -0.25) is 4.79 Å². The molecule has 0 aromatic heterocycles. The summed E-state index contributed by atoms with van der Waals surface area (Å²) in [6.07, 6.45) is -1.33. The Labute approximate surface area is 219 Å². The van der Waals surface area contributed by atoms with Crippen LogP contribution in [0.5, 0.6) is 34.5 Å². The summed E-state index contributed by atoms with van der Waals surface area (Å²) in [5.74, 6) is -7.75. The van der Waals surface area contributed by atoms with Gasteiger partial charge in [-0.25, -0.2) is 9.59 Å². The van der Waals surface area contributed by atoms with Crippen LogP contribution in [0.15, 0.2) is 54.6 Å². The summed E-state index contributed by atoms with van der Waals surface area (Å²) in [5, 5.41) is 68.5. The highest BCUT2D eigenvalue weighted by atomic mass is 16.6. The molecule has 3 aromatic carbocycles. The van der Waals surface area contributed by atoms with Crippen molar-refractivity contribution in [3.63, 3.8) is 0 Å². The van der Waals surface area contributed by atoms with Gasteiger partial charge in [0.2, 0.25) is 6.10 Å². The van der Waals surface area contributed by atoms with Crippen molar-refractivity contribution in [3.05, 3.63) is 76.9 Å². The molecule has 202 valence electrons. The predicted octanol–water partition coefficient (Wildman–Crippen LogP) is 2.77. The van der Waals surface area contributed by atoms with Gasteiger partial charge >= 0.3 is 17.9 Å². The van der Waals surface area contributed by atoms with E-state index in [2.05, 4.69) is 0 Å². The molecule has 0 saturated carbocycles. The molecule has 12 heteroatoms. The minimum absolute atomic E-state index is 0.0301. The zero-order valence-corrected chi connectivity index (χ0v) is 19.9. The van der Waals surface area contributed by atoms with Crippen molar-refractivity contribution in [2.45, 2.75) is 24.5 Å². The fraction of sp³-hybridized carbons (Fsp3) is 0.148. The van der Waals surface area contributed by atoms with Crippen molar-refractivity contribution >= 4 is 24.0 Å². The summed E-state index contributed by atoms with van der Waals surface area (Å²) in [7, 11) is 0. The van der Waals surface area contributed by atoms with Crippen molar-refractivity contribution in [1.82, 2.24) is 0 Å². The van der Waals surface area contributed by atoms with Gasteiger partial charge in [0.1, 0.15) is 12.0 Å². The lowest BCUT2D eigenvalue weighted by atomic mass is 9.86. The number of fused-ring (bicyclic) bond motifs is 1. The number of carbonyl (C=O) groups is 3. The number of esters is 1. The minimum Gasteiger partial charge on any atom is -0.504 e. The number of carbonyl (C=O) groups excluding carboxylic acids is 1. The topological polar surface area (TPSA) is 211 Å². The molecular weight excluding hydrogens is 516 g/mol. The SMILES string of the molecule is O=C(/C=C/c1ccc(O)c(O)c1)O[C@H](Cc1ccc(O)c2c1[C@H](C(=O)O)[C@@H](c1ccc(O)c(O)c1)O2)C(=O)O. The lowest BCUT2D eigenvalue weighted by Crippen LogP contribution is -2.29. The van der Waals surface area contributed by atoms with Gasteiger partial charge in [0.15, 0.2) is 34.5 Å². The van der Waals surface area contributed by atoms with E-state index in [-0.39, 0.29) is 28.2 Å². The molecule has 3 aromatic rings. The Morgan fingerprint density at radius 1 is 0.846 bits per heavy atom. The summed E-state index contributed by atoms with van der Waals surface area (Å²) in [6.45, 7) is 0. The van der Waals surface area contributed by atoms with Crippen LogP contribution in [0.2, 0.25) is 0 Å². The van der Waals surface area contributed by atoms with Gasteiger partial charge < -0.3 is 45.2 Å². The van der Waals surface area contributed by atoms with Gasteiger partial charge in [0.05, 0.1) is 0 Å². The van der Waals surface area contributed by atoms with E-state index in [0.717, 1.165) is 18.2 Å². The predicted molar refractivity (Wildman–Crippen MR) is 132 cm³/mol. The third-order valence-electron chi connectivity index (χ3n) is 6.07. The molecule has 0 bridgehead atoms. The number of benzene rings is 3. The van der Waals surface area contributed by atoms with Crippen LogP contribution in [-0.4, -0.2) is 59.8 Å². The van der Waals surface area contributed by atoms with Crippen molar-refractivity contribution in [1.29, 1.82) is 0 Å². The van der Waals surface area contributed by atoms with Crippen LogP contribution < -0.4 is 4.74 Å². The first-order valence-electron chi connectivity index (χ1n) is 11.4. The van der Waals surface area contributed by atoms with Gasteiger partial charge in [-0.2, -0.15) is 0 Å². The number of aromatic hydroxyl groups is 5. The second-order valence-corrected chi connectivity index (χ2v) is 8.64. The van der Waals surface area contributed by atoms with E-state index < -0.39 is 65.5 Å². The molecular formula is C27H22O12. The van der Waals surface area contributed by atoms with Crippen LogP contribution in [0.1, 0.15) is 34.3 Å². The molecule has 0 aliphatic carbocycles. The monoisotopic (exact) mass is 538 g/mol. The van der Waals surface area contributed by atoms with Crippen LogP contribution in [0.4, 0.5) is 0 Å². The van der Waals surface area contributed by atoms with Crippen molar-refractivity contribution in [3.8, 4) is 34.5 Å². The summed E-state index contributed by atoms with van der Waals surface area (Å²) < 4.78 is 10.8. The van der Waals surface area contributed by atoms with E-state index in [1.54, 1.807) is 0 Å². The van der Waals surface area contributed by atoms with Crippen LogP contribution in [-0.2, 0) is 25.5 Å². The third-order valence-corrected chi connectivity index (χ3v) is 6.07. The summed E-state index contributed by atoms with van der Waals surface area (Å²) in [6, 6.07) is 9.82. The molecule has 4 rings (SSSR count). The first-order chi connectivity index (χ1) is 18.5. The Balaban J connectivity index is 1.61. The number of hydrogen-bond donors (Lipinski definition) is 7. The molecule has 0 fully saturated rings. The number of rotatable bonds is 8. The quantitative estimate of drug-likeness (QED) is 0.125. The van der Waals surface area contributed by atoms with E-state index in [1.807, 2.05) is 0 Å². The van der Waals surface area contributed by atoms with Gasteiger partial charge in [0.25, 0.3) is 0 Å². The van der Waals surface area contributed by atoms with Crippen LogP contribution >= 0.6 is 0 Å². The number of phenolic OH excluding ortho intramolecular Hbond substituents is 5. The molecule has 0 amide bonds. The number of carboxylic acids is 2. The van der Waals surface area contributed by atoms with Gasteiger partial charge in [0, 0.05) is 18.1 Å². The average Bonchev–Trinajstić information content (AvgIpc) is 3.29. The molecule has 0 unspecified atom stereocenters. The van der Waals surface area contributed by atoms with Crippen molar-refractivity contribution in [2.24, 2.45) is 0 Å². The summed E-state index contributed by atoms with van der Waals surface area (Å²) >= 11 is 0. The normalized spacial score (nSPS) is 16.8. The number of carboxylic acid groups (broad SMARTS) is 2. The van der Waals surface area contributed by atoms with Gasteiger partial charge in [-0.05, 0) is 53.1 Å². The van der Waals surface area contributed by atoms with Crippen LogP contribution in [0, 0.1) is 0 Å². The highest BCUT2D eigenvalue weighted by Crippen LogP contribution is 2.52. The molecule has 0 radical (unpaired) electrons.